The topological polar surface area (TPSA) is 0 Å². The fraction of sp³-hybridized carbons (Fsp3) is 1.00. The van der Waals surface area contributed by atoms with Crippen molar-refractivity contribution in [3.8, 4) is 0 Å². The molecule has 26 heavy (non-hydrogen) atoms. The molecule has 0 saturated heterocycles. The van der Waals surface area contributed by atoms with Gasteiger partial charge >= 0.3 is 6.18 Å². The highest BCUT2D eigenvalue weighted by Gasteiger charge is 2.38. The van der Waals surface area contributed by atoms with Crippen LogP contribution in [0.3, 0.4) is 0 Å². The maximum atomic E-state index is 13.2. The van der Waals surface area contributed by atoms with E-state index in [4.69, 9.17) is 0 Å². The van der Waals surface area contributed by atoms with Gasteiger partial charge < -0.3 is 0 Å². The van der Waals surface area contributed by atoms with Crippen LogP contribution in [0.5, 0.6) is 0 Å². The number of rotatable bonds is 16. The highest BCUT2D eigenvalue weighted by Crippen LogP contribution is 2.34. The van der Waals surface area contributed by atoms with Gasteiger partial charge in [0.15, 0.2) is 0 Å². The molecule has 1 unspecified atom stereocenters. The average molecular weight is 379 g/mol. The Morgan fingerprint density at radius 3 is 1.35 bits per heavy atom. The smallest absolute Gasteiger partial charge is 0.171 e. The number of hydrogen-bond donors (Lipinski definition) is 0. The zero-order valence-electron chi connectivity index (χ0n) is 18.0. The number of halogens is 3. The lowest BCUT2D eigenvalue weighted by Crippen LogP contribution is -2.22. The second-order valence-corrected chi connectivity index (χ2v) is 9.37. The minimum absolute atomic E-state index is 0.333. The predicted octanol–water partition coefficient (Wildman–Crippen LogP) is 9.47. The molecule has 0 saturated carbocycles. The molecule has 0 heterocycles. The van der Waals surface area contributed by atoms with Crippen molar-refractivity contribution in [3.05, 3.63) is 0 Å². The van der Waals surface area contributed by atoms with Gasteiger partial charge in [0.2, 0.25) is 0 Å². The number of alkyl halides is 3. The Kier molecular flexibility index (Phi) is 14.7. The summed E-state index contributed by atoms with van der Waals surface area (Å²) >= 11 is 0. The molecule has 3 heteroatoms. The van der Waals surface area contributed by atoms with Crippen molar-refractivity contribution < 1.29 is 13.2 Å². The molecule has 0 spiro atoms. The lowest BCUT2D eigenvalue weighted by Gasteiger charge is -2.20. The van der Waals surface area contributed by atoms with Gasteiger partial charge in [-0.1, -0.05) is 111 Å². The van der Waals surface area contributed by atoms with Gasteiger partial charge in [0.25, 0.3) is 0 Å². The summed E-state index contributed by atoms with van der Waals surface area (Å²) in [6.07, 6.45) is 12.0. The zero-order valence-corrected chi connectivity index (χ0v) is 18.0. The fourth-order valence-electron chi connectivity index (χ4n) is 3.57. The Morgan fingerprint density at radius 1 is 0.577 bits per heavy atom. The van der Waals surface area contributed by atoms with Gasteiger partial charge in [-0.2, -0.15) is 13.2 Å². The summed E-state index contributed by atoms with van der Waals surface area (Å²) in [5.41, 5.74) is 0.372. The minimum Gasteiger partial charge on any atom is -0.171 e. The summed E-state index contributed by atoms with van der Waals surface area (Å²) < 4.78 is 39.6. The molecule has 0 aromatic rings. The third kappa shape index (κ3) is 17.2. The first-order valence-electron chi connectivity index (χ1n) is 11.2. The highest BCUT2D eigenvalue weighted by atomic mass is 19.4. The van der Waals surface area contributed by atoms with Crippen LogP contribution < -0.4 is 0 Å². The molecule has 0 nitrogen and oxygen atoms in total. The van der Waals surface area contributed by atoms with Gasteiger partial charge in [0.1, 0.15) is 0 Å². The van der Waals surface area contributed by atoms with Crippen LogP contribution in [0.15, 0.2) is 0 Å². The Balaban J connectivity index is 3.74. The minimum atomic E-state index is -4.01. The van der Waals surface area contributed by atoms with Crippen LogP contribution in [0, 0.1) is 11.3 Å². The highest BCUT2D eigenvalue weighted by molar-refractivity contribution is 4.68. The first kappa shape index (κ1) is 25.8. The Morgan fingerprint density at radius 2 is 0.962 bits per heavy atom. The molecular weight excluding hydrogens is 333 g/mol. The van der Waals surface area contributed by atoms with Crippen LogP contribution in [0.25, 0.3) is 0 Å². The molecule has 0 N–H and O–H groups in total. The van der Waals surface area contributed by atoms with Crippen molar-refractivity contribution in [2.75, 3.05) is 0 Å². The monoisotopic (exact) mass is 378 g/mol. The molecule has 0 aromatic heterocycles. The van der Waals surface area contributed by atoms with E-state index in [1.165, 1.54) is 44.9 Å². The molecule has 0 fully saturated rings. The largest absolute Gasteiger partial charge is 0.391 e. The van der Waals surface area contributed by atoms with Crippen LogP contribution in [-0.4, -0.2) is 6.18 Å². The Labute approximate surface area is 161 Å². The standard InChI is InChI=1S/C23H45F3/c1-5-6-7-8-9-10-12-15-18-21(23(24,25)26)19-16-13-11-14-17-20-22(2,3)4/h21H,5-20H2,1-4H3. The Bertz CT molecular complexity index is 302. The second kappa shape index (κ2) is 14.8. The van der Waals surface area contributed by atoms with E-state index in [0.717, 1.165) is 44.9 Å². The molecule has 0 radical (unpaired) electrons. The SMILES string of the molecule is CCCCCCCCCCC(CCCCCCCC(C)(C)C)C(F)(F)F. The quantitative estimate of drug-likeness (QED) is 0.235. The van der Waals surface area contributed by atoms with Crippen molar-refractivity contribution in [3.63, 3.8) is 0 Å². The third-order valence-corrected chi connectivity index (χ3v) is 5.35. The molecule has 0 aliphatic rings. The Hall–Kier alpha value is -0.210. The van der Waals surface area contributed by atoms with Crippen molar-refractivity contribution in [2.45, 2.75) is 137 Å². The summed E-state index contributed by atoms with van der Waals surface area (Å²) in [6.45, 7) is 8.92. The van der Waals surface area contributed by atoms with E-state index in [1.807, 2.05) is 0 Å². The van der Waals surface area contributed by atoms with Crippen LogP contribution in [-0.2, 0) is 0 Å². The van der Waals surface area contributed by atoms with E-state index >= 15 is 0 Å². The molecule has 0 bridgehead atoms. The van der Waals surface area contributed by atoms with Gasteiger partial charge in [-0.3, -0.25) is 0 Å². The van der Waals surface area contributed by atoms with E-state index < -0.39 is 12.1 Å². The summed E-state index contributed by atoms with van der Waals surface area (Å²) in [5.74, 6) is -1.07. The summed E-state index contributed by atoms with van der Waals surface area (Å²) in [6, 6.07) is 0. The van der Waals surface area contributed by atoms with Crippen LogP contribution in [0.2, 0.25) is 0 Å². The maximum Gasteiger partial charge on any atom is 0.391 e. The first-order valence-corrected chi connectivity index (χ1v) is 11.2. The van der Waals surface area contributed by atoms with Crippen LogP contribution in [0.1, 0.15) is 130 Å². The molecule has 0 rings (SSSR count). The molecule has 1 atom stereocenters. The lowest BCUT2D eigenvalue weighted by molar-refractivity contribution is -0.178. The molecule has 158 valence electrons. The van der Waals surface area contributed by atoms with E-state index in [2.05, 4.69) is 27.7 Å². The van der Waals surface area contributed by atoms with E-state index in [0.29, 0.717) is 18.3 Å². The van der Waals surface area contributed by atoms with Crippen molar-refractivity contribution in [1.82, 2.24) is 0 Å². The molecular formula is C23H45F3. The van der Waals surface area contributed by atoms with Gasteiger partial charge in [0, 0.05) is 0 Å². The number of hydrogen-bond acceptors (Lipinski definition) is 0. The molecule has 0 aliphatic carbocycles. The zero-order chi connectivity index (χ0) is 19.9. The van der Waals surface area contributed by atoms with Gasteiger partial charge in [-0.15, -0.1) is 0 Å². The number of unbranched alkanes of at least 4 members (excludes halogenated alkanes) is 11. The van der Waals surface area contributed by atoms with Crippen LogP contribution in [0.4, 0.5) is 13.2 Å². The fourth-order valence-corrected chi connectivity index (χ4v) is 3.57. The van der Waals surface area contributed by atoms with Crippen LogP contribution >= 0.6 is 0 Å². The van der Waals surface area contributed by atoms with Crippen molar-refractivity contribution >= 4 is 0 Å². The first-order chi connectivity index (χ1) is 12.2. The van der Waals surface area contributed by atoms with Crippen molar-refractivity contribution in [1.29, 1.82) is 0 Å². The van der Waals surface area contributed by atoms with E-state index in [9.17, 15) is 13.2 Å². The average Bonchev–Trinajstić information content (AvgIpc) is 2.52. The second-order valence-electron chi connectivity index (χ2n) is 9.37. The summed E-state index contributed by atoms with van der Waals surface area (Å²) in [5, 5.41) is 0. The van der Waals surface area contributed by atoms with Crippen molar-refractivity contribution in [2.24, 2.45) is 11.3 Å². The molecule has 0 amide bonds. The molecule has 0 aliphatic heterocycles. The third-order valence-electron chi connectivity index (χ3n) is 5.35. The molecule has 0 aromatic carbocycles. The van der Waals surface area contributed by atoms with Gasteiger partial charge in [-0.25, -0.2) is 0 Å². The normalized spacial score (nSPS) is 14.0. The van der Waals surface area contributed by atoms with E-state index in [-0.39, 0.29) is 0 Å². The van der Waals surface area contributed by atoms with Gasteiger partial charge in [0.05, 0.1) is 5.92 Å². The summed E-state index contributed by atoms with van der Waals surface area (Å²) in [4.78, 5) is 0. The van der Waals surface area contributed by atoms with Gasteiger partial charge in [-0.05, 0) is 24.7 Å². The summed E-state index contributed by atoms with van der Waals surface area (Å²) in [7, 11) is 0. The lowest BCUT2D eigenvalue weighted by atomic mass is 9.89. The van der Waals surface area contributed by atoms with E-state index in [1.54, 1.807) is 0 Å². The predicted molar refractivity (Wildman–Crippen MR) is 109 cm³/mol. The maximum absolute atomic E-state index is 13.2.